The second-order valence-electron chi connectivity index (χ2n) is 4.31. The van der Waals surface area contributed by atoms with E-state index >= 15 is 0 Å². The predicted octanol–water partition coefficient (Wildman–Crippen LogP) is 0.804. The first-order valence-electron chi connectivity index (χ1n) is 7.15. The minimum absolute atomic E-state index is 0.0513. The Kier molecular flexibility index (Phi) is 11.2. The molecule has 7 nitrogen and oxygen atoms in total. The molecular weight excluding hydrogens is 278 g/mol. The van der Waals surface area contributed by atoms with Crippen LogP contribution in [0.2, 0.25) is 0 Å². The zero-order valence-electron chi connectivity index (χ0n) is 13.0. The molecule has 122 valence electrons. The van der Waals surface area contributed by atoms with Crippen molar-refractivity contribution in [2.75, 3.05) is 26.9 Å². The number of hydrogen-bond acceptors (Lipinski definition) is 6. The van der Waals surface area contributed by atoms with E-state index in [9.17, 15) is 14.4 Å². The van der Waals surface area contributed by atoms with E-state index in [-0.39, 0.29) is 38.4 Å². The number of hydrogen-bond donors (Lipinski definition) is 1. The van der Waals surface area contributed by atoms with E-state index in [1.807, 2.05) is 0 Å². The van der Waals surface area contributed by atoms with Gasteiger partial charge in [0, 0.05) is 26.6 Å². The van der Waals surface area contributed by atoms with Crippen LogP contribution in [0.1, 0.15) is 39.5 Å². The van der Waals surface area contributed by atoms with Gasteiger partial charge in [0.15, 0.2) is 0 Å². The van der Waals surface area contributed by atoms with Gasteiger partial charge in [0.2, 0.25) is 5.91 Å². The molecule has 0 unspecified atom stereocenters. The molecule has 1 amide bonds. The highest BCUT2D eigenvalue weighted by Gasteiger charge is 2.23. The van der Waals surface area contributed by atoms with Gasteiger partial charge in [-0.2, -0.15) is 0 Å². The van der Waals surface area contributed by atoms with E-state index < -0.39 is 18.0 Å². The maximum absolute atomic E-state index is 11.8. The quantitative estimate of drug-likeness (QED) is 0.448. The van der Waals surface area contributed by atoms with Gasteiger partial charge in [0.05, 0.1) is 13.2 Å². The molecule has 7 heteroatoms. The number of carbonyl (C=O) groups excluding carboxylic acids is 3. The Labute approximate surface area is 125 Å². The topological polar surface area (TPSA) is 90.9 Å². The Hall–Kier alpha value is -1.63. The van der Waals surface area contributed by atoms with Gasteiger partial charge in [-0.3, -0.25) is 9.59 Å². The number of esters is 2. The van der Waals surface area contributed by atoms with Crippen molar-refractivity contribution >= 4 is 17.8 Å². The highest BCUT2D eigenvalue weighted by Crippen LogP contribution is 2.03. The fourth-order valence-corrected chi connectivity index (χ4v) is 1.63. The van der Waals surface area contributed by atoms with Crippen molar-refractivity contribution in [2.24, 2.45) is 0 Å². The van der Waals surface area contributed by atoms with E-state index in [1.165, 1.54) is 0 Å². The van der Waals surface area contributed by atoms with Crippen LogP contribution in [0.5, 0.6) is 0 Å². The van der Waals surface area contributed by atoms with Crippen LogP contribution in [0.4, 0.5) is 0 Å². The summed E-state index contributed by atoms with van der Waals surface area (Å²) in [6.45, 7) is 4.36. The fraction of sp³-hybridized carbons (Fsp3) is 0.786. The maximum atomic E-state index is 11.8. The number of nitrogens with one attached hydrogen (secondary N) is 1. The van der Waals surface area contributed by atoms with Crippen LogP contribution in [0.15, 0.2) is 0 Å². The normalized spacial score (nSPS) is 11.6. The van der Waals surface area contributed by atoms with E-state index in [4.69, 9.17) is 14.2 Å². The molecule has 0 aromatic heterocycles. The van der Waals surface area contributed by atoms with Gasteiger partial charge in [-0.1, -0.05) is 0 Å². The zero-order valence-corrected chi connectivity index (χ0v) is 13.0. The second-order valence-corrected chi connectivity index (χ2v) is 4.31. The van der Waals surface area contributed by atoms with Crippen molar-refractivity contribution in [3.63, 3.8) is 0 Å². The van der Waals surface area contributed by atoms with Crippen molar-refractivity contribution in [3.05, 3.63) is 0 Å². The van der Waals surface area contributed by atoms with Gasteiger partial charge in [0.1, 0.15) is 6.04 Å². The number of amides is 1. The number of rotatable bonds is 11. The van der Waals surface area contributed by atoms with Crippen molar-refractivity contribution in [3.8, 4) is 0 Å². The summed E-state index contributed by atoms with van der Waals surface area (Å²) in [5.74, 6) is -1.21. The van der Waals surface area contributed by atoms with Crippen molar-refractivity contribution in [1.82, 2.24) is 5.32 Å². The highest BCUT2D eigenvalue weighted by atomic mass is 16.5. The van der Waals surface area contributed by atoms with Crippen molar-refractivity contribution in [2.45, 2.75) is 45.6 Å². The fourth-order valence-electron chi connectivity index (χ4n) is 1.63. The summed E-state index contributed by atoms with van der Waals surface area (Å²) in [6.07, 6.45) is 1.03. The molecule has 0 aliphatic carbocycles. The molecule has 0 aromatic carbocycles. The lowest BCUT2D eigenvalue weighted by Crippen LogP contribution is -2.42. The summed E-state index contributed by atoms with van der Waals surface area (Å²) in [5.41, 5.74) is 0. The van der Waals surface area contributed by atoms with Gasteiger partial charge in [-0.25, -0.2) is 4.79 Å². The lowest BCUT2D eigenvalue weighted by Gasteiger charge is -2.17. The standard InChI is InChI=1S/C14H25NO6/c1-4-20-13(17)9-8-11(14(18)21-5-2)15-12(16)7-6-10-19-3/h11H,4-10H2,1-3H3,(H,15,16)/t11-/m1/s1. The molecule has 0 bridgehead atoms. The second kappa shape index (κ2) is 12.1. The van der Waals surface area contributed by atoms with Crippen LogP contribution in [0.3, 0.4) is 0 Å². The Bertz CT molecular complexity index is 331. The molecule has 1 N–H and O–H groups in total. The smallest absolute Gasteiger partial charge is 0.328 e. The number of ether oxygens (including phenoxy) is 3. The summed E-state index contributed by atoms with van der Waals surface area (Å²) in [7, 11) is 1.55. The third kappa shape index (κ3) is 9.84. The van der Waals surface area contributed by atoms with Crippen LogP contribution in [0, 0.1) is 0 Å². The SMILES string of the molecule is CCOC(=O)CC[C@@H](NC(=O)CCCOC)C(=O)OCC. The van der Waals surface area contributed by atoms with Crippen molar-refractivity contribution in [1.29, 1.82) is 0 Å². The largest absolute Gasteiger partial charge is 0.466 e. The zero-order chi connectivity index (χ0) is 16.1. The molecule has 0 radical (unpaired) electrons. The Morgan fingerprint density at radius 2 is 1.71 bits per heavy atom. The Morgan fingerprint density at radius 3 is 2.29 bits per heavy atom. The minimum Gasteiger partial charge on any atom is -0.466 e. The molecule has 0 aliphatic rings. The molecule has 0 aromatic rings. The third-order valence-corrected chi connectivity index (χ3v) is 2.60. The predicted molar refractivity (Wildman–Crippen MR) is 75.5 cm³/mol. The van der Waals surface area contributed by atoms with Gasteiger partial charge >= 0.3 is 11.9 Å². The first-order valence-corrected chi connectivity index (χ1v) is 7.15. The third-order valence-electron chi connectivity index (χ3n) is 2.60. The summed E-state index contributed by atoms with van der Waals surface area (Å²) < 4.78 is 14.5. The molecule has 21 heavy (non-hydrogen) atoms. The van der Waals surface area contributed by atoms with Gasteiger partial charge < -0.3 is 19.5 Å². The molecule has 0 spiro atoms. The monoisotopic (exact) mass is 303 g/mol. The number of methoxy groups -OCH3 is 1. The summed E-state index contributed by atoms with van der Waals surface area (Å²) in [6, 6.07) is -0.829. The first-order chi connectivity index (χ1) is 10.0. The Balaban J connectivity index is 4.34. The van der Waals surface area contributed by atoms with Crippen molar-refractivity contribution < 1.29 is 28.6 Å². The van der Waals surface area contributed by atoms with E-state index in [2.05, 4.69) is 5.32 Å². The molecule has 0 rings (SSSR count). The van der Waals surface area contributed by atoms with E-state index in [1.54, 1.807) is 21.0 Å². The first kappa shape index (κ1) is 19.4. The van der Waals surface area contributed by atoms with Crippen LogP contribution < -0.4 is 5.32 Å². The van der Waals surface area contributed by atoms with E-state index in [0.717, 1.165) is 0 Å². The number of carbonyl (C=O) groups is 3. The molecule has 0 saturated carbocycles. The molecule has 0 fully saturated rings. The molecule has 1 atom stereocenters. The molecule has 0 heterocycles. The molecular formula is C14H25NO6. The Morgan fingerprint density at radius 1 is 1.05 bits per heavy atom. The molecule has 0 saturated heterocycles. The maximum Gasteiger partial charge on any atom is 0.328 e. The minimum atomic E-state index is -0.829. The lowest BCUT2D eigenvalue weighted by atomic mass is 10.1. The van der Waals surface area contributed by atoms with Gasteiger partial charge in [-0.15, -0.1) is 0 Å². The van der Waals surface area contributed by atoms with Gasteiger partial charge in [0.25, 0.3) is 0 Å². The average molecular weight is 303 g/mol. The molecule has 0 aliphatic heterocycles. The van der Waals surface area contributed by atoms with Gasteiger partial charge in [-0.05, 0) is 26.7 Å². The van der Waals surface area contributed by atoms with Crippen LogP contribution in [-0.2, 0) is 28.6 Å². The summed E-state index contributed by atoms with van der Waals surface area (Å²) >= 11 is 0. The average Bonchev–Trinajstić information content (AvgIpc) is 2.44. The highest BCUT2D eigenvalue weighted by molar-refractivity contribution is 5.84. The summed E-state index contributed by atoms with van der Waals surface area (Å²) in [4.78, 5) is 34.8. The summed E-state index contributed by atoms with van der Waals surface area (Å²) in [5, 5.41) is 2.58. The van der Waals surface area contributed by atoms with E-state index in [0.29, 0.717) is 13.0 Å². The lowest BCUT2D eigenvalue weighted by molar-refractivity contribution is -0.148. The van der Waals surface area contributed by atoms with Crippen LogP contribution >= 0.6 is 0 Å². The van der Waals surface area contributed by atoms with Crippen LogP contribution in [0.25, 0.3) is 0 Å². The van der Waals surface area contributed by atoms with Crippen LogP contribution in [-0.4, -0.2) is 50.8 Å².